The van der Waals surface area contributed by atoms with Crippen LogP contribution in [0, 0.1) is 11.3 Å². The van der Waals surface area contributed by atoms with E-state index in [9.17, 15) is 5.26 Å². The van der Waals surface area contributed by atoms with Gasteiger partial charge in [-0.2, -0.15) is 10.2 Å². The van der Waals surface area contributed by atoms with Gasteiger partial charge < -0.3 is 14.2 Å². The molecule has 4 rings (SSSR count). The third kappa shape index (κ3) is 2.50. The van der Waals surface area contributed by atoms with Gasteiger partial charge in [-0.25, -0.2) is 0 Å². The Morgan fingerprint density at radius 2 is 1.92 bits per heavy atom. The van der Waals surface area contributed by atoms with Crippen LogP contribution in [0.25, 0.3) is 22.2 Å². The monoisotopic (exact) mass is 315 g/mol. The second-order valence-electron chi connectivity index (χ2n) is 5.27. The van der Waals surface area contributed by atoms with E-state index in [0.717, 1.165) is 22.1 Å². The van der Waals surface area contributed by atoms with E-state index < -0.39 is 0 Å². The van der Waals surface area contributed by atoms with Gasteiger partial charge in [-0.15, -0.1) is 0 Å². The summed E-state index contributed by atoms with van der Waals surface area (Å²) in [5, 5.41) is 14.5. The van der Waals surface area contributed by atoms with Crippen molar-refractivity contribution < 1.29 is 8.83 Å². The molecule has 0 radical (unpaired) electrons. The molecule has 0 fully saturated rings. The Morgan fingerprint density at radius 3 is 2.75 bits per heavy atom. The molecule has 0 unspecified atom stereocenters. The molecule has 2 heterocycles. The number of nitriles is 1. The summed E-state index contributed by atoms with van der Waals surface area (Å²) >= 11 is 0. The highest BCUT2D eigenvalue weighted by molar-refractivity contribution is 5.94. The van der Waals surface area contributed by atoms with E-state index in [1.165, 1.54) is 0 Å². The van der Waals surface area contributed by atoms with Crippen LogP contribution in [0.1, 0.15) is 11.5 Å². The van der Waals surface area contributed by atoms with Crippen LogP contribution in [-0.2, 0) is 6.54 Å². The minimum absolute atomic E-state index is 0.226. The molecule has 0 amide bonds. The molecule has 0 saturated carbocycles. The number of rotatable bonds is 4. The van der Waals surface area contributed by atoms with Gasteiger partial charge in [-0.1, -0.05) is 36.4 Å². The highest BCUT2D eigenvalue weighted by Crippen LogP contribution is 2.31. The van der Waals surface area contributed by atoms with Crippen molar-refractivity contribution in [3.63, 3.8) is 0 Å². The van der Waals surface area contributed by atoms with Gasteiger partial charge >= 0.3 is 0 Å². The lowest BCUT2D eigenvalue weighted by molar-refractivity contribution is 0.512. The predicted octanol–water partition coefficient (Wildman–Crippen LogP) is 4.57. The summed E-state index contributed by atoms with van der Waals surface area (Å²) in [5.41, 5.74) is 1.08. The molecule has 0 bridgehead atoms. The van der Waals surface area contributed by atoms with Crippen molar-refractivity contribution in [3.05, 3.63) is 72.3 Å². The number of nitrogens with one attached hydrogen (secondary N) is 1. The maximum atomic E-state index is 9.31. The molecule has 0 saturated heterocycles. The zero-order chi connectivity index (χ0) is 16.4. The van der Waals surface area contributed by atoms with Gasteiger partial charge in [0.15, 0.2) is 0 Å². The molecule has 2 aromatic heterocycles. The second kappa shape index (κ2) is 5.94. The normalized spacial score (nSPS) is 10.6. The summed E-state index contributed by atoms with van der Waals surface area (Å²) in [6.07, 6.45) is 1.60. The quantitative estimate of drug-likeness (QED) is 0.597. The molecule has 1 N–H and O–H groups in total. The summed E-state index contributed by atoms with van der Waals surface area (Å²) in [4.78, 5) is 4.33. The molecule has 116 valence electrons. The Balaban J connectivity index is 1.72. The smallest absolute Gasteiger partial charge is 0.232 e. The predicted molar refractivity (Wildman–Crippen MR) is 90.2 cm³/mol. The van der Waals surface area contributed by atoms with Crippen molar-refractivity contribution in [2.45, 2.75) is 6.54 Å². The molecule has 5 nitrogen and oxygen atoms in total. The Hall–Kier alpha value is -3.52. The van der Waals surface area contributed by atoms with Crippen molar-refractivity contribution in [2.75, 3.05) is 5.32 Å². The molecule has 4 aromatic rings. The third-order valence-electron chi connectivity index (χ3n) is 3.76. The maximum Gasteiger partial charge on any atom is 0.232 e. The Labute approximate surface area is 138 Å². The standard InChI is InChI=1S/C19H13N3O2/c20-11-17-19(21-12-14-7-4-10-23-14)24-18(22-17)16-9-3-6-13-5-1-2-8-15(13)16/h1-10,21H,12H2. The van der Waals surface area contributed by atoms with Gasteiger partial charge in [0.05, 0.1) is 12.8 Å². The number of aromatic nitrogens is 1. The summed E-state index contributed by atoms with van der Waals surface area (Å²) in [6, 6.07) is 19.6. The molecular weight excluding hydrogens is 302 g/mol. The van der Waals surface area contributed by atoms with E-state index >= 15 is 0 Å². The van der Waals surface area contributed by atoms with Crippen LogP contribution >= 0.6 is 0 Å². The zero-order valence-corrected chi connectivity index (χ0v) is 12.7. The highest BCUT2D eigenvalue weighted by atomic mass is 16.4. The fourth-order valence-corrected chi connectivity index (χ4v) is 2.62. The highest BCUT2D eigenvalue weighted by Gasteiger charge is 2.16. The second-order valence-corrected chi connectivity index (χ2v) is 5.27. The van der Waals surface area contributed by atoms with E-state index in [1.54, 1.807) is 6.26 Å². The molecule has 24 heavy (non-hydrogen) atoms. The van der Waals surface area contributed by atoms with Crippen molar-refractivity contribution in [1.29, 1.82) is 5.26 Å². The van der Waals surface area contributed by atoms with Gasteiger partial charge in [0.1, 0.15) is 11.8 Å². The number of furan rings is 1. The number of benzene rings is 2. The van der Waals surface area contributed by atoms with Crippen LogP contribution in [0.15, 0.2) is 69.7 Å². The summed E-state index contributed by atoms with van der Waals surface area (Å²) in [7, 11) is 0. The lowest BCUT2D eigenvalue weighted by atomic mass is 10.0. The Bertz CT molecular complexity index is 1020. The molecule has 0 aliphatic carbocycles. The van der Waals surface area contributed by atoms with Crippen molar-refractivity contribution >= 4 is 16.7 Å². The first-order valence-corrected chi connectivity index (χ1v) is 7.50. The first-order chi connectivity index (χ1) is 11.8. The number of fused-ring (bicyclic) bond motifs is 1. The van der Waals surface area contributed by atoms with E-state index in [0.29, 0.717) is 18.3 Å². The average Bonchev–Trinajstić information content (AvgIpc) is 3.28. The number of nitrogens with zero attached hydrogens (tertiary/aromatic N) is 2. The summed E-state index contributed by atoms with van der Waals surface area (Å²) in [6.45, 7) is 0.422. The number of oxazole rings is 1. The van der Waals surface area contributed by atoms with Crippen LogP contribution in [0.2, 0.25) is 0 Å². The third-order valence-corrected chi connectivity index (χ3v) is 3.76. The molecule has 0 aliphatic heterocycles. The van der Waals surface area contributed by atoms with Crippen molar-refractivity contribution in [2.24, 2.45) is 0 Å². The SMILES string of the molecule is N#Cc1nc(-c2cccc3ccccc23)oc1NCc1ccco1. The van der Waals surface area contributed by atoms with Crippen LogP contribution in [0.5, 0.6) is 0 Å². The fraction of sp³-hybridized carbons (Fsp3) is 0.0526. The summed E-state index contributed by atoms with van der Waals surface area (Å²) in [5.74, 6) is 1.52. The van der Waals surface area contributed by atoms with Crippen LogP contribution in [-0.4, -0.2) is 4.98 Å². The molecular formula is C19H13N3O2. The zero-order valence-electron chi connectivity index (χ0n) is 12.7. The lowest BCUT2D eigenvalue weighted by Gasteiger charge is -2.02. The molecule has 5 heteroatoms. The maximum absolute atomic E-state index is 9.31. The van der Waals surface area contributed by atoms with E-state index in [1.807, 2.05) is 54.6 Å². The first kappa shape index (κ1) is 14.1. The fourth-order valence-electron chi connectivity index (χ4n) is 2.62. The number of hydrogen-bond acceptors (Lipinski definition) is 5. The minimum Gasteiger partial charge on any atom is -0.467 e. The Kier molecular flexibility index (Phi) is 3.49. The van der Waals surface area contributed by atoms with Crippen molar-refractivity contribution in [1.82, 2.24) is 4.98 Å². The van der Waals surface area contributed by atoms with E-state index in [4.69, 9.17) is 8.83 Å². The number of anilines is 1. The van der Waals surface area contributed by atoms with E-state index in [2.05, 4.69) is 16.4 Å². The molecule has 0 aliphatic rings. The number of hydrogen-bond donors (Lipinski definition) is 1. The van der Waals surface area contributed by atoms with Crippen molar-refractivity contribution in [3.8, 4) is 17.5 Å². The first-order valence-electron chi connectivity index (χ1n) is 7.50. The van der Waals surface area contributed by atoms with Crippen LogP contribution in [0.3, 0.4) is 0 Å². The molecule has 2 aromatic carbocycles. The minimum atomic E-state index is 0.226. The van der Waals surface area contributed by atoms with Gasteiger partial charge in [-0.3, -0.25) is 0 Å². The molecule has 0 atom stereocenters. The van der Waals surface area contributed by atoms with Crippen LogP contribution < -0.4 is 5.32 Å². The van der Waals surface area contributed by atoms with E-state index in [-0.39, 0.29) is 5.69 Å². The summed E-state index contributed by atoms with van der Waals surface area (Å²) < 4.78 is 11.1. The average molecular weight is 315 g/mol. The largest absolute Gasteiger partial charge is 0.467 e. The van der Waals surface area contributed by atoms with Gasteiger partial charge in [-0.05, 0) is 29.0 Å². The molecule has 0 spiro atoms. The Morgan fingerprint density at radius 1 is 1.04 bits per heavy atom. The van der Waals surface area contributed by atoms with Crippen LogP contribution in [0.4, 0.5) is 5.88 Å². The van der Waals surface area contributed by atoms with Gasteiger partial charge in [0.25, 0.3) is 0 Å². The van der Waals surface area contributed by atoms with Gasteiger partial charge in [0.2, 0.25) is 17.5 Å². The topological polar surface area (TPSA) is 75.0 Å². The van der Waals surface area contributed by atoms with Gasteiger partial charge in [0, 0.05) is 5.56 Å². The lowest BCUT2D eigenvalue weighted by Crippen LogP contribution is -1.98.